The minimum atomic E-state index is 0.234. The first kappa shape index (κ1) is 20.7. The van der Waals surface area contributed by atoms with Crippen LogP contribution in [0.15, 0.2) is 48.5 Å². The number of amides is 1. The Morgan fingerprint density at radius 1 is 1.10 bits per heavy atom. The molecule has 0 bridgehead atoms. The molecule has 1 aliphatic rings. The van der Waals surface area contributed by atoms with Crippen LogP contribution in [0.5, 0.6) is 5.75 Å². The Hall–Kier alpha value is -2.53. The maximum absolute atomic E-state index is 11.7. The molecule has 1 heterocycles. The molecular weight excluding hydrogens is 398 g/mol. The molecule has 2 aromatic carbocycles. The van der Waals surface area contributed by atoms with Gasteiger partial charge in [0.15, 0.2) is 0 Å². The zero-order chi connectivity index (χ0) is 20.8. The molecule has 5 nitrogen and oxygen atoms in total. The van der Waals surface area contributed by atoms with Crippen molar-refractivity contribution in [2.75, 3.05) is 13.2 Å². The van der Waals surface area contributed by atoms with Crippen molar-refractivity contribution in [3.63, 3.8) is 0 Å². The summed E-state index contributed by atoms with van der Waals surface area (Å²) < 4.78 is 8.16. The predicted octanol–water partition coefficient (Wildman–Crippen LogP) is 5.01. The SMILES string of the molecule is O=C(NCCCCCc1nc2ccccc2n1CCOc1ccc(Cl)cc1)C1CC1. The van der Waals surface area contributed by atoms with Crippen molar-refractivity contribution in [3.05, 3.63) is 59.4 Å². The number of halogens is 1. The van der Waals surface area contributed by atoms with E-state index in [-0.39, 0.29) is 5.91 Å². The van der Waals surface area contributed by atoms with Crippen molar-refractivity contribution in [1.82, 2.24) is 14.9 Å². The fraction of sp³-hybridized carbons (Fsp3) is 0.417. The third-order valence-corrected chi connectivity index (χ3v) is 5.71. The first-order chi connectivity index (χ1) is 14.7. The van der Waals surface area contributed by atoms with Gasteiger partial charge in [-0.15, -0.1) is 0 Å². The highest BCUT2D eigenvalue weighted by Crippen LogP contribution is 2.28. The van der Waals surface area contributed by atoms with Crippen molar-refractivity contribution >= 4 is 28.5 Å². The van der Waals surface area contributed by atoms with Crippen molar-refractivity contribution in [2.45, 2.75) is 45.1 Å². The third kappa shape index (κ3) is 5.54. The summed E-state index contributed by atoms with van der Waals surface area (Å²) in [6.07, 6.45) is 6.19. The van der Waals surface area contributed by atoms with E-state index >= 15 is 0 Å². The number of para-hydroxylation sites is 2. The minimum Gasteiger partial charge on any atom is -0.492 e. The summed E-state index contributed by atoms with van der Waals surface area (Å²) in [5, 5.41) is 3.74. The van der Waals surface area contributed by atoms with E-state index in [4.69, 9.17) is 21.3 Å². The van der Waals surface area contributed by atoms with Crippen LogP contribution in [0.25, 0.3) is 11.0 Å². The van der Waals surface area contributed by atoms with Gasteiger partial charge in [-0.3, -0.25) is 4.79 Å². The van der Waals surface area contributed by atoms with Crippen LogP contribution in [0.4, 0.5) is 0 Å². The molecule has 1 saturated carbocycles. The van der Waals surface area contributed by atoms with Gasteiger partial charge < -0.3 is 14.6 Å². The van der Waals surface area contributed by atoms with Crippen molar-refractivity contribution in [2.24, 2.45) is 5.92 Å². The largest absolute Gasteiger partial charge is 0.492 e. The summed E-state index contributed by atoms with van der Waals surface area (Å²) in [7, 11) is 0. The van der Waals surface area contributed by atoms with Gasteiger partial charge in [0.05, 0.1) is 17.6 Å². The third-order valence-electron chi connectivity index (χ3n) is 5.46. The number of benzene rings is 2. The maximum atomic E-state index is 11.7. The molecule has 1 amide bonds. The fourth-order valence-corrected chi connectivity index (χ4v) is 3.76. The Morgan fingerprint density at radius 2 is 1.90 bits per heavy atom. The Morgan fingerprint density at radius 3 is 2.70 bits per heavy atom. The lowest BCUT2D eigenvalue weighted by Crippen LogP contribution is -2.25. The van der Waals surface area contributed by atoms with Crippen LogP contribution in [0.2, 0.25) is 5.02 Å². The molecule has 6 heteroatoms. The van der Waals surface area contributed by atoms with E-state index in [1.807, 2.05) is 36.4 Å². The Bertz CT molecular complexity index is 980. The number of hydrogen-bond donors (Lipinski definition) is 1. The molecule has 0 radical (unpaired) electrons. The topological polar surface area (TPSA) is 56.2 Å². The summed E-state index contributed by atoms with van der Waals surface area (Å²) in [5.41, 5.74) is 2.17. The molecule has 0 atom stereocenters. The molecule has 3 aromatic rings. The molecule has 0 spiro atoms. The van der Waals surface area contributed by atoms with E-state index in [1.165, 1.54) is 0 Å². The average molecular weight is 426 g/mol. The normalized spacial score (nSPS) is 13.5. The van der Waals surface area contributed by atoms with E-state index in [0.29, 0.717) is 17.5 Å². The Kier molecular flexibility index (Phi) is 6.90. The second kappa shape index (κ2) is 9.98. The number of aromatic nitrogens is 2. The number of fused-ring (bicyclic) bond motifs is 1. The quantitative estimate of drug-likeness (QED) is 0.439. The molecule has 30 heavy (non-hydrogen) atoms. The zero-order valence-corrected chi connectivity index (χ0v) is 17.9. The van der Waals surface area contributed by atoms with Crippen molar-refractivity contribution in [3.8, 4) is 5.75 Å². The Labute approximate surface area is 182 Å². The van der Waals surface area contributed by atoms with Crippen LogP contribution in [0.1, 0.15) is 37.9 Å². The Balaban J connectivity index is 1.29. The van der Waals surface area contributed by atoms with Crippen LogP contribution in [-0.2, 0) is 17.8 Å². The lowest BCUT2D eigenvalue weighted by atomic mass is 10.2. The number of hydrogen-bond acceptors (Lipinski definition) is 3. The smallest absolute Gasteiger partial charge is 0.223 e. The lowest BCUT2D eigenvalue weighted by Gasteiger charge is -2.11. The minimum absolute atomic E-state index is 0.234. The van der Waals surface area contributed by atoms with Gasteiger partial charge in [0.1, 0.15) is 18.2 Å². The van der Waals surface area contributed by atoms with Gasteiger partial charge in [-0.05, 0) is 62.1 Å². The van der Waals surface area contributed by atoms with Gasteiger partial charge in [0.25, 0.3) is 0 Å². The molecule has 0 saturated heterocycles. The monoisotopic (exact) mass is 425 g/mol. The summed E-state index contributed by atoms with van der Waals surface area (Å²) in [6.45, 7) is 2.10. The average Bonchev–Trinajstić information content (AvgIpc) is 3.55. The summed E-state index contributed by atoms with van der Waals surface area (Å²) >= 11 is 5.94. The summed E-state index contributed by atoms with van der Waals surface area (Å²) in [4.78, 5) is 16.5. The highest BCUT2D eigenvalue weighted by Gasteiger charge is 2.28. The van der Waals surface area contributed by atoms with Gasteiger partial charge in [0.2, 0.25) is 5.91 Å². The van der Waals surface area contributed by atoms with Gasteiger partial charge in [0, 0.05) is 23.9 Å². The molecule has 1 fully saturated rings. The number of aryl methyl sites for hydroxylation is 1. The van der Waals surface area contributed by atoms with Crippen molar-refractivity contribution < 1.29 is 9.53 Å². The van der Waals surface area contributed by atoms with E-state index in [9.17, 15) is 4.79 Å². The van der Waals surface area contributed by atoms with Crippen LogP contribution in [0, 0.1) is 5.92 Å². The summed E-state index contributed by atoms with van der Waals surface area (Å²) in [5.74, 6) is 2.44. The van der Waals surface area contributed by atoms with Crippen LogP contribution >= 0.6 is 11.6 Å². The van der Waals surface area contributed by atoms with E-state index in [2.05, 4.69) is 22.0 Å². The first-order valence-electron chi connectivity index (χ1n) is 10.8. The number of nitrogens with one attached hydrogen (secondary N) is 1. The lowest BCUT2D eigenvalue weighted by molar-refractivity contribution is -0.122. The number of imidazole rings is 1. The van der Waals surface area contributed by atoms with Crippen LogP contribution in [0.3, 0.4) is 0 Å². The number of carbonyl (C=O) groups excluding carboxylic acids is 1. The molecular formula is C24H28ClN3O2. The van der Waals surface area contributed by atoms with E-state index in [1.54, 1.807) is 0 Å². The maximum Gasteiger partial charge on any atom is 0.223 e. The van der Waals surface area contributed by atoms with E-state index in [0.717, 1.165) is 74.2 Å². The first-order valence-corrected chi connectivity index (χ1v) is 11.2. The van der Waals surface area contributed by atoms with Crippen molar-refractivity contribution in [1.29, 1.82) is 0 Å². The molecule has 1 aliphatic carbocycles. The van der Waals surface area contributed by atoms with Gasteiger partial charge in [-0.2, -0.15) is 0 Å². The number of carbonyl (C=O) groups is 1. The molecule has 1 aromatic heterocycles. The van der Waals surface area contributed by atoms with Gasteiger partial charge in [-0.25, -0.2) is 4.98 Å². The molecule has 4 rings (SSSR count). The number of unbranched alkanes of at least 4 members (excludes halogenated alkanes) is 2. The highest BCUT2D eigenvalue weighted by atomic mass is 35.5. The van der Waals surface area contributed by atoms with Gasteiger partial charge >= 0.3 is 0 Å². The van der Waals surface area contributed by atoms with Gasteiger partial charge in [-0.1, -0.05) is 30.2 Å². The second-order valence-electron chi connectivity index (χ2n) is 7.85. The number of nitrogens with zero attached hydrogens (tertiary/aromatic N) is 2. The number of ether oxygens (including phenoxy) is 1. The zero-order valence-electron chi connectivity index (χ0n) is 17.1. The van der Waals surface area contributed by atoms with Crippen LogP contribution in [-0.4, -0.2) is 28.6 Å². The highest BCUT2D eigenvalue weighted by molar-refractivity contribution is 6.30. The van der Waals surface area contributed by atoms with Crippen LogP contribution < -0.4 is 10.1 Å². The molecule has 158 valence electrons. The molecule has 0 unspecified atom stereocenters. The van der Waals surface area contributed by atoms with E-state index < -0.39 is 0 Å². The second-order valence-corrected chi connectivity index (χ2v) is 8.28. The summed E-state index contributed by atoms with van der Waals surface area (Å²) in [6, 6.07) is 15.7. The fourth-order valence-electron chi connectivity index (χ4n) is 3.64. The standard InChI is InChI=1S/C24H28ClN3O2/c25-19-11-13-20(14-12-19)30-17-16-28-22-7-4-3-6-21(22)27-23(28)8-2-1-5-15-26-24(29)18-9-10-18/h3-4,6-7,11-14,18H,1-2,5,8-10,15-17H2,(H,26,29). The number of rotatable bonds is 11. The predicted molar refractivity (Wildman–Crippen MR) is 120 cm³/mol. The molecule has 1 N–H and O–H groups in total. The molecule has 0 aliphatic heterocycles.